The fourth-order valence-corrected chi connectivity index (χ4v) is 5.18. The molecule has 0 bridgehead atoms. The molecule has 0 aromatic heterocycles. The summed E-state index contributed by atoms with van der Waals surface area (Å²) < 4.78 is 21.5. The fourth-order valence-electron chi connectivity index (χ4n) is 5.18. The van der Waals surface area contributed by atoms with Crippen LogP contribution in [0.2, 0.25) is 0 Å². The minimum absolute atomic E-state index is 0.0422. The van der Waals surface area contributed by atoms with E-state index < -0.39 is 12.0 Å². The lowest BCUT2D eigenvalue weighted by atomic mass is 9.93. The molecule has 1 atom stereocenters. The number of esters is 1. The molecular weight excluding hydrogens is 528 g/mol. The quantitative estimate of drug-likeness (QED) is 0.437. The Bertz CT molecular complexity index is 1290. The van der Waals surface area contributed by atoms with Crippen LogP contribution in [0.5, 0.6) is 17.2 Å². The molecule has 2 aromatic carbocycles. The van der Waals surface area contributed by atoms with Crippen LogP contribution in [-0.2, 0) is 9.53 Å². The number of piperazine rings is 1. The van der Waals surface area contributed by atoms with Gasteiger partial charge in [0.25, 0.3) is 5.91 Å². The molecule has 1 saturated heterocycles. The number of nitrogens with one attached hydrogen (secondary N) is 1. The molecule has 3 amide bonds. The number of urea groups is 1. The van der Waals surface area contributed by atoms with Crippen LogP contribution in [0.4, 0.5) is 4.79 Å². The normalized spacial score (nSPS) is 17.7. The van der Waals surface area contributed by atoms with Crippen LogP contribution in [0.15, 0.2) is 53.7 Å². The van der Waals surface area contributed by atoms with E-state index in [0.29, 0.717) is 78.9 Å². The van der Waals surface area contributed by atoms with Crippen LogP contribution in [0.1, 0.15) is 35.8 Å². The first-order valence-corrected chi connectivity index (χ1v) is 13.7. The molecule has 2 aliphatic heterocycles. The maximum Gasteiger partial charge on any atom is 0.338 e. The third-order valence-electron chi connectivity index (χ3n) is 7.36. The van der Waals surface area contributed by atoms with Crippen LogP contribution >= 0.6 is 0 Å². The minimum Gasteiger partial charge on any atom is -0.497 e. The average molecular weight is 567 g/mol. The Morgan fingerprint density at radius 3 is 2.17 bits per heavy atom. The lowest BCUT2D eigenvalue weighted by Gasteiger charge is -2.40. The maximum absolute atomic E-state index is 13.4. The van der Waals surface area contributed by atoms with Gasteiger partial charge in [0.05, 0.1) is 39.6 Å². The van der Waals surface area contributed by atoms with E-state index in [1.807, 2.05) is 11.8 Å². The number of carbonyl (C=O) groups is 3. The lowest BCUT2D eigenvalue weighted by Crippen LogP contribution is -2.53. The van der Waals surface area contributed by atoms with E-state index in [9.17, 15) is 14.4 Å². The molecular formula is C30H38N4O7. The summed E-state index contributed by atoms with van der Waals surface area (Å²) in [5.74, 6) is 1.19. The van der Waals surface area contributed by atoms with E-state index >= 15 is 0 Å². The Labute approximate surface area is 240 Å². The van der Waals surface area contributed by atoms with Crippen LogP contribution in [-0.4, -0.2) is 99.8 Å². The van der Waals surface area contributed by atoms with Gasteiger partial charge in [-0.1, -0.05) is 6.07 Å². The summed E-state index contributed by atoms with van der Waals surface area (Å²) in [5, 5.41) is 2.98. The molecule has 1 fully saturated rings. The summed E-state index contributed by atoms with van der Waals surface area (Å²) in [6.07, 6.45) is 0. The minimum atomic E-state index is -0.739. The van der Waals surface area contributed by atoms with Gasteiger partial charge in [0.2, 0.25) is 0 Å². The van der Waals surface area contributed by atoms with Gasteiger partial charge in [-0.2, -0.15) is 0 Å². The second kappa shape index (κ2) is 13.4. The van der Waals surface area contributed by atoms with E-state index in [1.165, 1.54) is 7.11 Å². The smallest absolute Gasteiger partial charge is 0.338 e. The largest absolute Gasteiger partial charge is 0.497 e. The summed E-state index contributed by atoms with van der Waals surface area (Å²) in [4.78, 5) is 45.3. The van der Waals surface area contributed by atoms with Crippen molar-refractivity contribution in [1.29, 1.82) is 0 Å². The number of nitrogens with zero attached hydrogens (tertiary/aromatic N) is 3. The number of benzene rings is 2. The molecule has 4 rings (SSSR count). The standard InChI is InChI=1S/C30H38N4O7/c1-6-34-23(19-32-14-16-33(17-15-32)28(35)20-8-11-22(38-3)12-9-20)26(29(36)41-7-2)27(31-30(34)37)21-10-13-24(39-4)25(18-21)40-5/h8-13,18,27H,6-7,14-17,19H2,1-5H3,(H,31,37). The van der Waals surface area contributed by atoms with Crippen molar-refractivity contribution in [3.05, 3.63) is 64.9 Å². The first-order valence-electron chi connectivity index (χ1n) is 13.7. The first-order chi connectivity index (χ1) is 19.8. The number of hydrogen-bond acceptors (Lipinski definition) is 8. The Morgan fingerprint density at radius 2 is 1.59 bits per heavy atom. The monoisotopic (exact) mass is 566 g/mol. The van der Waals surface area contributed by atoms with Crippen LogP contribution in [0.3, 0.4) is 0 Å². The maximum atomic E-state index is 13.4. The van der Waals surface area contributed by atoms with Crippen LogP contribution in [0.25, 0.3) is 0 Å². The molecule has 1 unspecified atom stereocenters. The first kappa shape index (κ1) is 29.7. The predicted octanol–water partition coefficient (Wildman–Crippen LogP) is 3.07. The van der Waals surface area contributed by atoms with Gasteiger partial charge in [0.15, 0.2) is 11.5 Å². The van der Waals surface area contributed by atoms with E-state index in [-0.39, 0.29) is 18.5 Å². The van der Waals surface area contributed by atoms with E-state index in [1.54, 1.807) is 68.5 Å². The molecule has 2 aromatic rings. The van der Waals surface area contributed by atoms with Gasteiger partial charge in [0.1, 0.15) is 5.75 Å². The predicted molar refractivity (Wildman–Crippen MR) is 152 cm³/mol. The molecule has 0 spiro atoms. The Balaban J connectivity index is 1.60. The molecule has 41 heavy (non-hydrogen) atoms. The van der Waals surface area contributed by atoms with Crippen molar-refractivity contribution >= 4 is 17.9 Å². The van der Waals surface area contributed by atoms with E-state index in [2.05, 4.69) is 10.2 Å². The summed E-state index contributed by atoms with van der Waals surface area (Å²) in [6, 6.07) is 11.3. The van der Waals surface area contributed by atoms with Crippen molar-refractivity contribution in [3.63, 3.8) is 0 Å². The highest BCUT2D eigenvalue weighted by Gasteiger charge is 2.39. The van der Waals surface area contributed by atoms with Gasteiger partial charge < -0.3 is 29.2 Å². The van der Waals surface area contributed by atoms with Gasteiger partial charge in [-0.25, -0.2) is 9.59 Å². The van der Waals surface area contributed by atoms with Gasteiger partial charge in [0, 0.05) is 50.5 Å². The van der Waals surface area contributed by atoms with Gasteiger partial charge >= 0.3 is 12.0 Å². The molecule has 220 valence electrons. The van der Waals surface area contributed by atoms with E-state index in [4.69, 9.17) is 18.9 Å². The average Bonchev–Trinajstić information content (AvgIpc) is 3.00. The van der Waals surface area contributed by atoms with Gasteiger partial charge in [-0.3, -0.25) is 14.6 Å². The zero-order valence-corrected chi connectivity index (χ0v) is 24.3. The molecule has 2 aliphatic rings. The summed E-state index contributed by atoms with van der Waals surface area (Å²) in [5.41, 5.74) is 2.23. The molecule has 1 N–H and O–H groups in total. The highest BCUT2D eigenvalue weighted by molar-refractivity contribution is 5.95. The van der Waals surface area contributed by atoms with Crippen molar-refractivity contribution in [2.24, 2.45) is 0 Å². The molecule has 0 saturated carbocycles. The SMILES string of the molecule is CCOC(=O)C1=C(CN2CCN(C(=O)c3ccc(OC)cc3)CC2)N(CC)C(=O)NC1c1ccc(OC)c(OC)c1. The third kappa shape index (κ3) is 6.40. The highest BCUT2D eigenvalue weighted by Crippen LogP contribution is 2.36. The summed E-state index contributed by atoms with van der Waals surface area (Å²) in [7, 11) is 4.67. The zero-order chi connectivity index (χ0) is 29.5. The Kier molecular flexibility index (Phi) is 9.72. The van der Waals surface area contributed by atoms with Crippen molar-refractivity contribution in [2.75, 3.05) is 67.2 Å². The Morgan fingerprint density at radius 1 is 0.902 bits per heavy atom. The van der Waals surface area contributed by atoms with Crippen molar-refractivity contribution in [2.45, 2.75) is 19.9 Å². The number of hydrogen-bond donors (Lipinski definition) is 1. The number of methoxy groups -OCH3 is 3. The number of likely N-dealkylation sites (N-methyl/N-ethyl adjacent to an activating group) is 1. The van der Waals surface area contributed by atoms with Crippen molar-refractivity contribution in [3.8, 4) is 17.2 Å². The second-order valence-corrected chi connectivity index (χ2v) is 9.62. The third-order valence-corrected chi connectivity index (χ3v) is 7.36. The molecule has 0 aliphatic carbocycles. The highest BCUT2D eigenvalue weighted by atomic mass is 16.5. The molecule has 11 heteroatoms. The lowest BCUT2D eigenvalue weighted by molar-refractivity contribution is -0.139. The van der Waals surface area contributed by atoms with Crippen molar-refractivity contribution < 1.29 is 33.3 Å². The van der Waals surface area contributed by atoms with Crippen LogP contribution < -0.4 is 19.5 Å². The second-order valence-electron chi connectivity index (χ2n) is 9.62. The van der Waals surface area contributed by atoms with Gasteiger partial charge in [-0.05, 0) is 55.8 Å². The number of ether oxygens (including phenoxy) is 4. The number of amides is 3. The molecule has 2 heterocycles. The van der Waals surface area contributed by atoms with Crippen molar-refractivity contribution in [1.82, 2.24) is 20.0 Å². The summed E-state index contributed by atoms with van der Waals surface area (Å²) in [6.45, 7) is 6.74. The van der Waals surface area contributed by atoms with E-state index in [0.717, 1.165) is 0 Å². The van der Waals surface area contributed by atoms with Crippen LogP contribution in [0, 0.1) is 0 Å². The Hall–Kier alpha value is -4.25. The molecule has 11 nitrogen and oxygen atoms in total. The summed E-state index contributed by atoms with van der Waals surface area (Å²) >= 11 is 0. The fraction of sp³-hybridized carbons (Fsp3) is 0.433. The zero-order valence-electron chi connectivity index (χ0n) is 24.3. The molecule has 0 radical (unpaired) electrons. The number of rotatable bonds is 10. The topological polar surface area (TPSA) is 110 Å². The number of carbonyl (C=O) groups excluding carboxylic acids is 3. The van der Waals surface area contributed by atoms with Gasteiger partial charge in [-0.15, -0.1) is 0 Å².